The first-order valence-corrected chi connectivity index (χ1v) is 5.15. The standard InChI is InChI=1S/C10H10BrNO4/c1-6(13)12-8(10(14)15-2)5-7-3-4-9(11)16-7/h3-5H,1-2H3,(H,12,13)/b8-5-. The maximum Gasteiger partial charge on any atom is 0.354 e. The number of hydrogen-bond donors (Lipinski definition) is 1. The lowest BCUT2D eigenvalue weighted by Crippen LogP contribution is -2.25. The van der Waals surface area contributed by atoms with Crippen LogP contribution in [-0.4, -0.2) is 19.0 Å². The van der Waals surface area contributed by atoms with Crippen LogP contribution in [0.4, 0.5) is 0 Å². The van der Waals surface area contributed by atoms with E-state index in [0.29, 0.717) is 10.4 Å². The molecule has 0 bridgehead atoms. The van der Waals surface area contributed by atoms with Gasteiger partial charge in [0.1, 0.15) is 11.5 Å². The molecule has 1 N–H and O–H groups in total. The molecule has 0 radical (unpaired) electrons. The van der Waals surface area contributed by atoms with E-state index in [0.717, 1.165) is 0 Å². The van der Waals surface area contributed by atoms with Crippen molar-refractivity contribution in [1.82, 2.24) is 5.32 Å². The molecule has 1 rings (SSSR count). The lowest BCUT2D eigenvalue weighted by Gasteiger charge is -2.04. The summed E-state index contributed by atoms with van der Waals surface area (Å²) in [5.74, 6) is -0.564. The molecule has 1 aromatic rings. The SMILES string of the molecule is COC(=O)/C(=C/c1ccc(Br)o1)NC(C)=O. The molecule has 0 saturated heterocycles. The Balaban J connectivity index is 2.95. The summed E-state index contributed by atoms with van der Waals surface area (Å²) in [6.07, 6.45) is 1.39. The molecule has 0 aliphatic rings. The van der Waals surface area contributed by atoms with E-state index >= 15 is 0 Å². The van der Waals surface area contributed by atoms with Crippen molar-refractivity contribution >= 4 is 33.9 Å². The molecule has 1 aromatic heterocycles. The highest BCUT2D eigenvalue weighted by molar-refractivity contribution is 9.10. The maximum atomic E-state index is 11.3. The van der Waals surface area contributed by atoms with Gasteiger partial charge in [0, 0.05) is 13.0 Å². The van der Waals surface area contributed by atoms with Crippen molar-refractivity contribution in [2.45, 2.75) is 6.92 Å². The average Bonchev–Trinajstić information content (AvgIpc) is 2.61. The van der Waals surface area contributed by atoms with Gasteiger partial charge in [-0.3, -0.25) is 4.79 Å². The molecule has 6 heteroatoms. The topological polar surface area (TPSA) is 68.5 Å². The number of rotatable bonds is 3. The van der Waals surface area contributed by atoms with E-state index in [1.165, 1.54) is 20.1 Å². The predicted molar refractivity (Wildman–Crippen MR) is 60.2 cm³/mol. The van der Waals surface area contributed by atoms with Crippen molar-refractivity contribution in [2.24, 2.45) is 0 Å². The first-order valence-electron chi connectivity index (χ1n) is 4.36. The lowest BCUT2D eigenvalue weighted by molar-refractivity contribution is -0.137. The molecule has 0 unspecified atom stereocenters. The molecule has 0 spiro atoms. The van der Waals surface area contributed by atoms with Crippen molar-refractivity contribution < 1.29 is 18.7 Å². The number of amides is 1. The van der Waals surface area contributed by atoms with E-state index in [4.69, 9.17) is 4.42 Å². The smallest absolute Gasteiger partial charge is 0.354 e. The molecule has 5 nitrogen and oxygen atoms in total. The monoisotopic (exact) mass is 287 g/mol. The number of ether oxygens (including phenoxy) is 1. The van der Waals surface area contributed by atoms with Gasteiger partial charge in [0.2, 0.25) is 5.91 Å². The number of methoxy groups -OCH3 is 1. The Labute approximate surface area is 101 Å². The summed E-state index contributed by atoms with van der Waals surface area (Å²) < 4.78 is 10.2. The summed E-state index contributed by atoms with van der Waals surface area (Å²) in [6, 6.07) is 3.32. The molecule has 1 heterocycles. The second-order valence-electron chi connectivity index (χ2n) is 2.87. The molecule has 0 saturated carbocycles. The highest BCUT2D eigenvalue weighted by Gasteiger charge is 2.12. The first-order chi connectivity index (χ1) is 7.52. The van der Waals surface area contributed by atoms with Crippen LogP contribution in [0.3, 0.4) is 0 Å². The third-order valence-electron chi connectivity index (χ3n) is 1.60. The Morgan fingerprint density at radius 3 is 2.62 bits per heavy atom. The summed E-state index contributed by atoms with van der Waals surface area (Å²) in [7, 11) is 1.23. The maximum absolute atomic E-state index is 11.3. The summed E-state index contributed by atoms with van der Waals surface area (Å²) >= 11 is 3.13. The highest BCUT2D eigenvalue weighted by Crippen LogP contribution is 2.16. The molecule has 0 aromatic carbocycles. The van der Waals surface area contributed by atoms with Gasteiger partial charge in [-0.2, -0.15) is 0 Å². The van der Waals surface area contributed by atoms with Gasteiger partial charge in [-0.15, -0.1) is 0 Å². The summed E-state index contributed by atoms with van der Waals surface area (Å²) in [6.45, 7) is 1.30. The minimum absolute atomic E-state index is 0.0249. The van der Waals surface area contributed by atoms with Gasteiger partial charge >= 0.3 is 5.97 Å². The minimum atomic E-state index is -0.636. The highest BCUT2D eigenvalue weighted by atomic mass is 79.9. The minimum Gasteiger partial charge on any atom is -0.464 e. The lowest BCUT2D eigenvalue weighted by atomic mass is 10.3. The number of carbonyl (C=O) groups excluding carboxylic acids is 2. The summed E-state index contributed by atoms with van der Waals surface area (Å²) in [5, 5.41) is 2.36. The van der Waals surface area contributed by atoms with Crippen molar-refractivity contribution in [3.05, 3.63) is 28.3 Å². The second kappa shape index (κ2) is 5.50. The molecule has 86 valence electrons. The predicted octanol–water partition coefficient (Wildman–Crippen LogP) is 1.69. The van der Waals surface area contributed by atoms with Gasteiger partial charge in [-0.25, -0.2) is 4.79 Å². The van der Waals surface area contributed by atoms with Crippen LogP contribution in [0.25, 0.3) is 6.08 Å². The van der Waals surface area contributed by atoms with E-state index in [-0.39, 0.29) is 11.6 Å². The quantitative estimate of drug-likeness (QED) is 0.679. The van der Waals surface area contributed by atoms with Gasteiger partial charge in [0.25, 0.3) is 0 Å². The second-order valence-corrected chi connectivity index (χ2v) is 3.65. The zero-order valence-electron chi connectivity index (χ0n) is 8.74. The molecule has 0 aliphatic carbocycles. The normalized spacial score (nSPS) is 11.1. The fraction of sp³-hybridized carbons (Fsp3) is 0.200. The van der Waals surface area contributed by atoms with Gasteiger partial charge in [-0.1, -0.05) is 0 Å². The fourth-order valence-corrected chi connectivity index (χ4v) is 1.31. The third-order valence-corrected chi connectivity index (χ3v) is 2.02. The van der Waals surface area contributed by atoms with Gasteiger partial charge in [-0.05, 0) is 28.1 Å². The van der Waals surface area contributed by atoms with E-state index in [2.05, 4.69) is 26.0 Å². The fourth-order valence-electron chi connectivity index (χ4n) is 0.994. The Kier molecular flexibility index (Phi) is 4.30. The summed E-state index contributed by atoms with van der Waals surface area (Å²) in [5.41, 5.74) is 0.0249. The number of carbonyl (C=O) groups is 2. The Morgan fingerprint density at radius 1 is 1.50 bits per heavy atom. The van der Waals surface area contributed by atoms with Crippen LogP contribution in [0.15, 0.2) is 26.9 Å². The van der Waals surface area contributed by atoms with Crippen molar-refractivity contribution in [1.29, 1.82) is 0 Å². The number of furan rings is 1. The molecule has 0 atom stereocenters. The Morgan fingerprint density at radius 2 is 2.19 bits per heavy atom. The van der Waals surface area contributed by atoms with Crippen molar-refractivity contribution in [3.8, 4) is 0 Å². The molecular formula is C10H10BrNO4. The number of nitrogens with one attached hydrogen (secondary N) is 1. The van der Waals surface area contributed by atoms with Crippen molar-refractivity contribution in [2.75, 3.05) is 7.11 Å². The summed E-state index contributed by atoms with van der Waals surface area (Å²) in [4.78, 5) is 22.2. The van der Waals surface area contributed by atoms with Gasteiger partial charge in [0.05, 0.1) is 7.11 Å². The Hall–Kier alpha value is -1.56. The Bertz CT molecular complexity index is 436. The van der Waals surface area contributed by atoms with Crippen LogP contribution in [0, 0.1) is 0 Å². The third kappa shape index (κ3) is 3.54. The van der Waals surface area contributed by atoms with Crippen molar-refractivity contribution in [3.63, 3.8) is 0 Å². The van der Waals surface area contributed by atoms with E-state index < -0.39 is 5.97 Å². The number of hydrogen-bond acceptors (Lipinski definition) is 4. The molecule has 0 fully saturated rings. The number of halogens is 1. The zero-order valence-corrected chi connectivity index (χ0v) is 10.3. The van der Waals surface area contributed by atoms with Crippen LogP contribution >= 0.6 is 15.9 Å². The van der Waals surface area contributed by atoms with E-state index in [1.807, 2.05) is 0 Å². The van der Waals surface area contributed by atoms with Gasteiger partial charge in [0.15, 0.2) is 4.67 Å². The van der Waals surface area contributed by atoms with E-state index in [1.54, 1.807) is 12.1 Å². The molecule has 1 amide bonds. The average molecular weight is 288 g/mol. The molecule has 16 heavy (non-hydrogen) atoms. The van der Waals surface area contributed by atoms with Crippen LogP contribution in [0.1, 0.15) is 12.7 Å². The zero-order chi connectivity index (χ0) is 12.1. The molecular weight excluding hydrogens is 278 g/mol. The largest absolute Gasteiger partial charge is 0.464 e. The van der Waals surface area contributed by atoms with E-state index in [9.17, 15) is 9.59 Å². The van der Waals surface area contributed by atoms with Crippen LogP contribution in [0.5, 0.6) is 0 Å². The van der Waals surface area contributed by atoms with Gasteiger partial charge < -0.3 is 14.5 Å². The van der Waals surface area contributed by atoms with Crippen LogP contribution < -0.4 is 5.32 Å². The number of esters is 1. The van der Waals surface area contributed by atoms with Crippen LogP contribution in [0.2, 0.25) is 0 Å². The molecule has 0 aliphatic heterocycles. The first kappa shape index (κ1) is 12.5. The van der Waals surface area contributed by atoms with Crippen LogP contribution in [-0.2, 0) is 14.3 Å².